The lowest BCUT2D eigenvalue weighted by Crippen LogP contribution is -2.31. The summed E-state index contributed by atoms with van der Waals surface area (Å²) in [7, 11) is 0. The normalized spacial score (nSPS) is 48.7. The van der Waals surface area contributed by atoms with Gasteiger partial charge in [0.2, 0.25) is 0 Å². The van der Waals surface area contributed by atoms with Crippen molar-refractivity contribution in [2.75, 3.05) is 6.61 Å². The maximum Gasteiger partial charge on any atom is 0.141 e. The molecule has 0 radical (unpaired) electrons. The molecule has 1 heterocycles. The van der Waals surface area contributed by atoms with E-state index in [1.54, 1.807) is 0 Å². The molecular weight excluding hydrogens is 188 g/mol. The Morgan fingerprint density at radius 1 is 1.13 bits per heavy atom. The van der Waals surface area contributed by atoms with E-state index in [9.17, 15) is 4.79 Å². The summed E-state index contributed by atoms with van der Waals surface area (Å²) in [5, 5.41) is 0. The molecule has 2 saturated carbocycles. The van der Waals surface area contributed by atoms with Gasteiger partial charge in [0.1, 0.15) is 5.78 Å². The standard InChI is InChI=1S/C13H20O2/c1-8-11(4-5-15-8)13(14)12-7-9-2-3-10(12)6-9/h8-12H,2-7H2,1H3. The minimum Gasteiger partial charge on any atom is -0.378 e. The zero-order valence-electron chi connectivity index (χ0n) is 9.45. The number of hydrogen-bond donors (Lipinski definition) is 0. The largest absolute Gasteiger partial charge is 0.378 e. The third-order valence-corrected chi connectivity index (χ3v) is 4.85. The van der Waals surface area contributed by atoms with Gasteiger partial charge in [0.15, 0.2) is 0 Å². The van der Waals surface area contributed by atoms with Gasteiger partial charge < -0.3 is 4.74 Å². The molecule has 0 aromatic carbocycles. The molecule has 15 heavy (non-hydrogen) atoms. The molecule has 0 amide bonds. The zero-order valence-corrected chi connectivity index (χ0v) is 9.45. The van der Waals surface area contributed by atoms with Crippen molar-refractivity contribution >= 4 is 5.78 Å². The van der Waals surface area contributed by atoms with Crippen molar-refractivity contribution in [2.45, 2.75) is 45.1 Å². The van der Waals surface area contributed by atoms with Gasteiger partial charge in [0, 0.05) is 18.4 Å². The highest BCUT2D eigenvalue weighted by atomic mass is 16.5. The fourth-order valence-electron chi connectivity index (χ4n) is 3.97. The van der Waals surface area contributed by atoms with Gasteiger partial charge in [-0.25, -0.2) is 0 Å². The lowest BCUT2D eigenvalue weighted by molar-refractivity contribution is -0.129. The number of carbonyl (C=O) groups excluding carboxylic acids is 1. The summed E-state index contributed by atoms with van der Waals surface area (Å²) in [5.74, 6) is 2.76. The highest BCUT2D eigenvalue weighted by Gasteiger charge is 2.46. The first kappa shape index (κ1) is 9.83. The number of ketones is 1. The van der Waals surface area contributed by atoms with Crippen LogP contribution in [-0.2, 0) is 9.53 Å². The zero-order chi connectivity index (χ0) is 10.4. The maximum absolute atomic E-state index is 12.4. The summed E-state index contributed by atoms with van der Waals surface area (Å²) in [4.78, 5) is 12.4. The summed E-state index contributed by atoms with van der Waals surface area (Å²) in [6, 6.07) is 0. The molecule has 5 unspecified atom stereocenters. The highest BCUT2D eigenvalue weighted by Crippen LogP contribution is 2.50. The molecule has 3 rings (SSSR count). The molecule has 84 valence electrons. The van der Waals surface area contributed by atoms with Crippen LogP contribution in [0.5, 0.6) is 0 Å². The molecule has 2 bridgehead atoms. The summed E-state index contributed by atoms with van der Waals surface area (Å²) in [6.07, 6.45) is 6.35. The average Bonchev–Trinajstić information content (AvgIpc) is 2.91. The van der Waals surface area contributed by atoms with Crippen LogP contribution in [0.1, 0.15) is 39.0 Å². The van der Waals surface area contributed by atoms with Gasteiger partial charge in [-0.2, -0.15) is 0 Å². The Kier molecular flexibility index (Phi) is 2.35. The number of Topliss-reactive ketones (excluding diaryl/α,β-unsaturated/α-hetero) is 1. The van der Waals surface area contributed by atoms with Crippen LogP contribution in [-0.4, -0.2) is 18.5 Å². The summed E-state index contributed by atoms with van der Waals surface area (Å²) in [5.41, 5.74) is 0. The Labute approximate surface area is 91.4 Å². The fraction of sp³-hybridized carbons (Fsp3) is 0.923. The second-order valence-corrected chi connectivity index (χ2v) is 5.65. The first-order valence-corrected chi connectivity index (χ1v) is 6.41. The molecule has 2 heteroatoms. The second-order valence-electron chi connectivity index (χ2n) is 5.65. The van der Waals surface area contributed by atoms with Gasteiger partial charge in [-0.1, -0.05) is 6.42 Å². The van der Waals surface area contributed by atoms with Crippen LogP contribution < -0.4 is 0 Å². The molecule has 1 aliphatic heterocycles. The Hall–Kier alpha value is -0.370. The topological polar surface area (TPSA) is 26.3 Å². The first-order chi connectivity index (χ1) is 7.25. The third-order valence-electron chi connectivity index (χ3n) is 4.85. The minimum atomic E-state index is 0.177. The van der Waals surface area contributed by atoms with E-state index in [1.807, 2.05) is 0 Å². The van der Waals surface area contributed by atoms with Crippen molar-refractivity contribution in [3.05, 3.63) is 0 Å². The number of rotatable bonds is 2. The van der Waals surface area contributed by atoms with Crippen LogP contribution in [0.3, 0.4) is 0 Å². The van der Waals surface area contributed by atoms with E-state index in [4.69, 9.17) is 4.74 Å². The smallest absolute Gasteiger partial charge is 0.141 e. The van der Waals surface area contributed by atoms with Gasteiger partial charge in [-0.05, 0) is 44.4 Å². The minimum absolute atomic E-state index is 0.177. The van der Waals surface area contributed by atoms with Gasteiger partial charge in [-0.3, -0.25) is 4.79 Å². The lowest BCUT2D eigenvalue weighted by Gasteiger charge is -2.24. The number of ether oxygens (including phenoxy) is 1. The van der Waals surface area contributed by atoms with E-state index in [2.05, 4.69) is 6.92 Å². The van der Waals surface area contributed by atoms with Crippen LogP contribution >= 0.6 is 0 Å². The van der Waals surface area contributed by atoms with Crippen molar-refractivity contribution < 1.29 is 9.53 Å². The van der Waals surface area contributed by atoms with E-state index in [0.717, 1.165) is 24.9 Å². The van der Waals surface area contributed by atoms with E-state index in [0.29, 0.717) is 11.7 Å². The Morgan fingerprint density at radius 2 is 2.00 bits per heavy atom. The van der Waals surface area contributed by atoms with Crippen molar-refractivity contribution in [1.82, 2.24) is 0 Å². The monoisotopic (exact) mass is 208 g/mol. The maximum atomic E-state index is 12.4. The molecular formula is C13H20O2. The first-order valence-electron chi connectivity index (χ1n) is 6.41. The Bertz CT molecular complexity index is 274. The van der Waals surface area contributed by atoms with Crippen molar-refractivity contribution in [2.24, 2.45) is 23.7 Å². The van der Waals surface area contributed by atoms with Crippen LogP contribution in [0.25, 0.3) is 0 Å². The molecule has 0 N–H and O–H groups in total. The molecule has 0 aromatic rings. The number of hydrogen-bond acceptors (Lipinski definition) is 2. The predicted molar refractivity (Wildman–Crippen MR) is 57.5 cm³/mol. The highest BCUT2D eigenvalue weighted by molar-refractivity contribution is 5.84. The average molecular weight is 208 g/mol. The summed E-state index contributed by atoms with van der Waals surface area (Å²) >= 11 is 0. The van der Waals surface area contributed by atoms with E-state index in [-0.39, 0.29) is 12.0 Å². The van der Waals surface area contributed by atoms with Gasteiger partial charge in [0.25, 0.3) is 0 Å². The lowest BCUT2D eigenvalue weighted by atomic mass is 9.79. The molecule has 0 spiro atoms. The molecule has 5 atom stereocenters. The van der Waals surface area contributed by atoms with Crippen molar-refractivity contribution in [3.63, 3.8) is 0 Å². The van der Waals surface area contributed by atoms with Crippen LogP contribution in [0.15, 0.2) is 0 Å². The molecule has 3 aliphatic rings. The quantitative estimate of drug-likeness (QED) is 0.696. The predicted octanol–water partition coefficient (Wildman–Crippen LogP) is 2.42. The number of carbonyl (C=O) groups is 1. The fourth-order valence-corrected chi connectivity index (χ4v) is 3.97. The second kappa shape index (κ2) is 3.58. The van der Waals surface area contributed by atoms with Crippen molar-refractivity contribution in [1.29, 1.82) is 0 Å². The Morgan fingerprint density at radius 3 is 2.53 bits per heavy atom. The third kappa shape index (κ3) is 1.54. The van der Waals surface area contributed by atoms with Crippen molar-refractivity contribution in [3.8, 4) is 0 Å². The van der Waals surface area contributed by atoms with E-state index >= 15 is 0 Å². The number of fused-ring (bicyclic) bond motifs is 2. The Balaban J connectivity index is 1.69. The van der Waals surface area contributed by atoms with Crippen LogP contribution in [0.2, 0.25) is 0 Å². The molecule has 2 nitrogen and oxygen atoms in total. The molecule has 3 fully saturated rings. The SMILES string of the molecule is CC1OCCC1C(=O)C1CC2CCC1C2. The van der Waals surface area contributed by atoms with Gasteiger partial charge >= 0.3 is 0 Å². The summed E-state index contributed by atoms with van der Waals surface area (Å²) < 4.78 is 5.51. The molecule has 0 aromatic heterocycles. The van der Waals surface area contributed by atoms with E-state index in [1.165, 1.54) is 25.7 Å². The summed E-state index contributed by atoms with van der Waals surface area (Å²) in [6.45, 7) is 2.85. The molecule has 2 aliphatic carbocycles. The molecule has 1 saturated heterocycles. The van der Waals surface area contributed by atoms with Crippen LogP contribution in [0, 0.1) is 23.7 Å². The van der Waals surface area contributed by atoms with Gasteiger partial charge in [-0.15, -0.1) is 0 Å². The van der Waals surface area contributed by atoms with E-state index < -0.39 is 0 Å². The van der Waals surface area contributed by atoms with Crippen LogP contribution in [0.4, 0.5) is 0 Å². The van der Waals surface area contributed by atoms with Gasteiger partial charge in [0.05, 0.1) is 6.10 Å².